The summed E-state index contributed by atoms with van der Waals surface area (Å²) in [5, 5.41) is 10.8. The summed E-state index contributed by atoms with van der Waals surface area (Å²) in [6, 6.07) is 7.60. The number of carbonyl (C=O) groups excluding carboxylic acids is 2. The molecule has 1 aromatic heterocycles. The molecule has 2 heterocycles. The van der Waals surface area contributed by atoms with Crippen molar-refractivity contribution in [1.82, 2.24) is 15.5 Å². The van der Waals surface area contributed by atoms with E-state index >= 15 is 0 Å². The normalized spacial score (nSPS) is 17.3. The quantitative estimate of drug-likeness (QED) is 0.829. The molecule has 1 fully saturated rings. The number of carbonyl (C=O) groups is 2. The molecule has 0 radical (unpaired) electrons. The lowest BCUT2D eigenvalue weighted by Gasteiger charge is -2.17. The van der Waals surface area contributed by atoms with Crippen LogP contribution in [-0.2, 0) is 9.59 Å². The number of nitrogens with one attached hydrogen (secondary N) is 1. The summed E-state index contributed by atoms with van der Waals surface area (Å²) in [6.07, 6.45) is 0.309. The van der Waals surface area contributed by atoms with Gasteiger partial charge in [-0.05, 0) is 19.1 Å². The summed E-state index contributed by atoms with van der Waals surface area (Å²) < 4.78 is 5.20. The van der Waals surface area contributed by atoms with Gasteiger partial charge >= 0.3 is 0 Å². The van der Waals surface area contributed by atoms with Gasteiger partial charge in [0.1, 0.15) is 0 Å². The predicted molar refractivity (Wildman–Crippen MR) is 89.8 cm³/mol. The van der Waals surface area contributed by atoms with Crippen LogP contribution >= 0.6 is 11.8 Å². The molecule has 0 unspecified atom stereocenters. The molecule has 1 N–H and O–H groups in total. The summed E-state index contributed by atoms with van der Waals surface area (Å²) >= 11 is 1.18. The summed E-state index contributed by atoms with van der Waals surface area (Å²) in [7, 11) is 0. The van der Waals surface area contributed by atoms with E-state index < -0.39 is 0 Å². The highest BCUT2D eigenvalue weighted by Gasteiger charge is 2.31. The van der Waals surface area contributed by atoms with Gasteiger partial charge in [-0.15, -0.1) is 10.2 Å². The average Bonchev–Trinajstić information content (AvgIpc) is 3.12. The predicted octanol–water partition coefficient (Wildman–Crippen LogP) is 1.70. The van der Waals surface area contributed by atoms with Crippen LogP contribution in [0, 0.1) is 13.8 Å². The van der Waals surface area contributed by atoms with Crippen molar-refractivity contribution in [1.29, 1.82) is 0 Å². The summed E-state index contributed by atoms with van der Waals surface area (Å²) in [6.45, 7) is 4.18. The number of aryl methyl sites for hydroxylation is 2. The van der Waals surface area contributed by atoms with Gasteiger partial charge in [0.25, 0.3) is 5.22 Å². The molecule has 1 aliphatic heterocycles. The van der Waals surface area contributed by atoms with Gasteiger partial charge in [-0.2, -0.15) is 0 Å². The van der Waals surface area contributed by atoms with E-state index in [-0.39, 0.29) is 23.6 Å². The van der Waals surface area contributed by atoms with E-state index in [4.69, 9.17) is 4.42 Å². The molecule has 8 heteroatoms. The number of hydrogen-bond acceptors (Lipinski definition) is 6. The summed E-state index contributed by atoms with van der Waals surface area (Å²) in [5.74, 6) is 0.508. The molecule has 1 aromatic carbocycles. The molecule has 24 heavy (non-hydrogen) atoms. The topological polar surface area (TPSA) is 88.3 Å². The lowest BCUT2D eigenvalue weighted by molar-refractivity contribution is -0.119. The number of nitrogens with zero attached hydrogens (tertiary/aromatic N) is 3. The zero-order valence-corrected chi connectivity index (χ0v) is 14.3. The Morgan fingerprint density at radius 3 is 2.75 bits per heavy atom. The van der Waals surface area contributed by atoms with Crippen LogP contribution in [0.4, 0.5) is 5.69 Å². The first-order valence-corrected chi connectivity index (χ1v) is 8.59. The molecule has 2 amide bonds. The number of aromatic nitrogens is 2. The molecule has 0 bridgehead atoms. The van der Waals surface area contributed by atoms with Crippen LogP contribution in [0.15, 0.2) is 33.9 Å². The first-order valence-electron chi connectivity index (χ1n) is 7.60. The summed E-state index contributed by atoms with van der Waals surface area (Å²) in [4.78, 5) is 25.9. The molecule has 1 atom stereocenters. The Labute approximate surface area is 143 Å². The minimum Gasteiger partial charge on any atom is -0.416 e. The van der Waals surface area contributed by atoms with Gasteiger partial charge in [-0.1, -0.05) is 29.5 Å². The third-order valence-corrected chi connectivity index (χ3v) is 4.49. The number of hydrogen-bond donors (Lipinski definition) is 1. The molecule has 1 aliphatic rings. The molecule has 0 aliphatic carbocycles. The monoisotopic (exact) mass is 346 g/mol. The van der Waals surface area contributed by atoms with Gasteiger partial charge in [0, 0.05) is 25.6 Å². The lowest BCUT2D eigenvalue weighted by Crippen LogP contribution is -2.38. The third kappa shape index (κ3) is 3.94. The standard InChI is InChI=1S/C16H18N4O3S/c1-10-3-5-13(6-4-10)20-8-12(7-15(20)22)17-14(21)9-24-16-19-18-11(2)23-16/h3-6,12H,7-9H2,1-2H3,(H,17,21)/t12-/m1/s1. The third-order valence-electron chi connectivity index (χ3n) is 3.67. The highest BCUT2D eigenvalue weighted by Crippen LogP contribution is 2.22. The molecule has 126 valence electrons. The van der Waals surface area contributed by atoms with E-state index in [0.717, 1.165) is 11.3 Å². The Morgan fingerprint density at radius 1 is 1.33 bits per heavy atom. The van der Waals surface area contributed by atoms with Gasteiger partial charge < -0.3 is 14.6 Å². The van der Waals surface area contributed by atoms with Crippen LogP contribution in [0.1, 0.15) is 17.9 Å². The number of rotatable bonds is 5. The van der Waals surface area contributed by atoms with Crippen molar-refractivity contribution >= 4 is 29.3 Å². The van der Waals surface area contributed by atoms with Crippen LogP contribution < -0.4 is 10.2 Å². The second-order valence-corrected chi connectivity index (χ2v) is 6.61. The molecule has 1 saturated heterocycles. The Bertz CT molecular complexity index is 744. The van der Waals surface area contributed by atoms with Gasteiger partial charge in [0.05, 0.1) is 11.8 Å². The zero-order chi connectivity index (χ0) is 17.1. The average molecular weight is 346 g/mol. The van der Waals surface area contributed by atoms with E-state index in [0.29, 0.717) is 24.1 Å². The minimum absolute atomic E-state index is 0.0179. The van der Waals surface area contributed by atoms with Crippen LogP contribution in [0.25, 0.3) is 0 Å². The smallest absolute Gasteiger partial charge is 0.277 e. The Balaban J connectivity index is 1.52. The van der Waals surface area contributed by atoms with E-state index in [1.54, 1.807) is 11.8 Å². The van der Waals surface area contributed by atoms with Gasteiger partial charge in [-0.3, -0.25) is 9.59 Å². The first-order chi connectivity index (χ1) is 11.5. The summed E-state index contributed by atoms with van der Waals surface area (Å²) in [5.41, 5.74) is 2.00. The van der Waals surface area contributed by atoms with E-state index in [1.165, 1.54) is 11.8 Å². The number of amides is 2. The van der Waals surface area contributed by atoms with Crippen molar-refractivity contribution in [3.8, 4) is 0 Å². The first kappa shape index (κ1) is 16.5. The SMILES string of the molecule is Cc1ccc(N2C[C@H](NC(=O)CSc3nnc(C)o3)CC2=O)cc1. The maximum absolute atomic E-state index is 12.2. The van der Waals surface area contributed by atoms with E-state index in [2.05, 4.69) is 15.5 Å². The number of anilines is 1. The van der Waals surface area contributed by atoms with Crippen LogP contribution in [0.5, 0.6) is 0 Å². The van der Waals surface area contributed by atoms with Gasteiger partial charge in [-0.25, -0.2) is 0 Å². The Kier molecular flexibility index (Phi) is 4.84. The fraction of sp³-hybridized carbons (Fsp3) is 0.375. The minimum atomic E-state index is -0.184. The Hall–Kier alpha value is -2.35. The molecule has 3 rings (SSSR count). The van der Waals surface area contributed by atoms with Crippen LogP contribution in [-0.4, -0.2) is 40.4 Å². The number of thioether (sulfide) groups is 1. The fourth-order valence-electron chi connectivity index (χ4n) is 2.51. The molecule has 2 aromatic rings. The van der Waals surface area contributed by atoms with E-state index in [9.17, 15) is 9.59 Å². The number of benzene rings is 1. The highest BCUT2D eigenvalue weighted by molar-refractivity contribution is 7.99. The van der Waals surface area contributed by atoms with Crippen LogP contribution in [0.3, 0.4) is 0 Å². The molecular formula is C16H18N4O3S. The molecule has 7 nitrogen and oxygen atoms in total. The highest BCUT2D eigenvalue weighted by atomic mass is 32.2. The van der Waals surface area contributed by atoms with Crippen molar-refractivity contribution in [2.75, 3.05) is 17.2 Å². The second kappa shape index (κ2) is 7.04. The maximum Gasteiger partial charge on any atom is 0.277 e. The Morgan fingerprint density at radius 2 is 2.08 bits per heavy atom. The van der Waals surface area contributed by atoms with Crippen LogP contribution in [0.2, 0.25) is 0 Å². The van der Waals surface area contributed by atoms with Crippen molar-refractivity contribution in [3.05, 3.63) is 35.7 Å². The van der Waals surface area contributed by atoms with Crippen molar-refractivity contribution in [2.45, 2.75) is 31.5 Å². The maximum atomic E-state index is 12.2. The largest absolute Gasteiger partial charge is 0.416 e. The zero-order valence-electron chi connectivity index (χ0n) is 13.5. The van der Waals surface area contributed by atoms with Crippen molar-refractivity contribution < 1.29 is 14.0 Å². The second-order valence-electron chi connectivity index (χ2n) is 5.68. The van der Waals surface area contributed by atoms with Crippen molar-refractivity contribution in [2.24, 2.45) is 0 Å². The molecule has 0 saturated carbocycles. The van der Waals surface area contributed by atoms with Gasteiger partial charge in [0.2, 0.25) is 17.7 Å². The van der Waals surface area contributed by atoms with Crippen molar-refractivity contribution in [3.63, 3.8) is 0 Å². The van der Waals surface area contributed by atoms with E-state index in [1.807, 2.05) is 31.2 Å². The van der Waals surface area contributed by atoms with Gasteiger partial charge in [0.15, 0.2) is 0 Å². The lowest BCUT2D eigenvalue weighted by atomic mass is 10.2. The molecular weight excluding hydrogens is 328 g/mol. The molecule has 0 spiro atoms. The fourth-order valence-corrected chi connectivity index (χ4v) is 3.13.